The van der Waals surface area contributed by atoms with Crippen molar-refractivity contribution in [1.82, 2.24) is 15.0 Å². The number of nitrogens with zero attached hydrogens (tertiary/aromatic N) is 3. The summed E-state index contributed by atoms with van der Waals surface area (Å²) in [5.41, 5.74) is 4.92. The van der Waals surface area contributed by atoms with E-state index in [-0.39, 0.29) is 0 Å². The molecule has 3 aromatic heterocycles. The van der Waals surface area contributed by atoms with Crippen LogP contribution in [-0.4, -0.2) is 26.8 Å². The third kappa shape index (κ3) is 4.26. The number of rotatable bonds is 6. The maximum absolute atomic E-state index is 12.4. The molecule has 158 valence electrons. The molecule has 6 nitrogen and oxygen atoms in total. The minimum atomic E-state index is -0.431. The highest BCUT2D eigenvalue weighted by atomic mass is 32.1. The Hall–Kier alpha value is -3.36. The van der Waals surface area contributed by atoms with Gasteiger partial charge in [-0.15, -0.1) is 22.7 Å². The zero-order valence-electron chi connectivity index (χ0n) is 17.5. The second-order valence-corrected chi connectivity index (χ2v) is 7.99. The summed E-state index contributed by atoms with van der Waals surface area (Å²) < 4.78 is 0. The maximum atomic E-state index is 12.4. The number of thiophene rings is 2. The van der Waals surface area contributed by atoms with E-state index in [1.165, 1.54) is 17.4 Å². The molecular weight excluding hydrogens is 428 g/mol. The average molecular weight is 451 g/mol. The van der Waals surface area contributed by atoms with Crippen molar-refractivity contribution in [3.8, 4) is 10.4 Å². The molecule has 1 aliphatic heterocycles. The molecule has 0 spiro atoms. The number of hydrogen-bond donors (Lipinski definition) is 1. The van der Waals surface area contributed by atoms with Crippen molar-refractivity contribution in [2.45, 2.75) is 20.8 Å². The van der Waals surface area contributed by atoms with Crippen LogP contribution in [0.3, 0.4) is 0 Å². The van der Waals surface area contributed by atoms with Crippen LogP contribution in [0.4, 0.5) is 5.82 Å². The van der Waals surface area contributed by atoms with Gasteiger partial charge in [0, 0.05) is 33.0 Å². The molecule has 4 heterocycles. The predicted molar refractivity (Wildman–Crippen MR) is 130 cm³/mol. The molecule has 3 aromatic rings. The van der Waals surface area contributed by atoms with E-state index in [1.54, 1.807) is 36.5 Å². The molecule has 0 aliphatic carbocycles. The van der Waals surface area contributed by atoms with E-state index in [2.05, 4.69) is 28.6 Å². The van der Waals surface area contributed by atoms with E-state index in [9.17, 15) is 9.59 Å². The van der Waals surface area contributed by atoms with E-state index in [0.717, 1.165) is 25.7 Å². The topological polar surface area (TPSA) is 75.2 Å². The lowest BCUT2D eigenvalue weighted by Gasteiger charge is -2.18. The minimum absolute atomic E-state index is 0.371. The lowest BCUT2D eigenvalue weighted by atomic mass is 10.2. The predicted octanol–water partition coefficient (Wildman–Crippen LogP) is 5.84. The molecule has 0 atom stereocenters. The summed E-state index contributed by atoms with van der Waals surface area (Å²) in [6, 6.07) is 3.98. The Bertz CT molecular complexity index is 1220. The molecular formula is C23H22N4O2S2. The smallest absolute Gasteiger partial charge is 0.271 e. The van der Waals surface area contributed by atoms with Gasteiger partial charge in [-0.2, -0.15) is 5.01 Å². The Morgan fingerprint density at radius 1 is 1.19 bits per heavy atom. The number of nitrogens with one attached hydrogen (secondary N) is 1. The molecule has 1 N–H and O–H groups in total. The Labute approximate surface area is 188 Å². The number of anilines is 1. The average Bonchev–Trinajstić information content (AvgIpc) is 3.50. The summed E-state index contributed by atoms with van der Waals surface area (Å²) in [6.45, 7) is 13.1. The van der Waals surface area contributed by atoms with Crippen LogP contribution in [0, 0.1) is 0 Å². The van der Waals surface area contributed by atoms with Crippen LogP contribution in [0.25, 0.3) is 26.2 Å². The summed E-state index contributed by atoms with van der Waals surface area (Å²) in [6.07, 6.45) is 6.32. The molecule has 0 saturated carbocycles. The van der Waals surface area contributed by atoms with Crippen molar-refractivity contribution in [2.24, 2.45) is 0 Å². The molecule has 0 saturated heterocycles. The van der Waals surface area contributed by atoms with Gasteiger partial charge in [-0.1, -0.05) is 51.3 Å². The van der Waals surface area contributed by atoms with Crippen LogP contribution in [-0.2, 0) is 9.59 Å². The maximum Gasteiger partial charge on any atom is 0.275 e. The highest BCUT2D eigenvalue weighted by Gasteiger charge is 2.30. The zero-order chi connectivity index (χ0) is 22.5. The Kier molecular flexibility index (Phi) is 6.94. The number of allylic oxidation sites excluding steroid dienone is 4. The minimum Gasteiger partial charge on any atom is -0.271 e. The monoisotopic (exact) mass is 450 g/mol. The first-order valence-electron chi connectivity index (χ1n) is 9.65. The van der Waals surface area contributed by atoms with Crippen molar-refractivity contribution < 1.29 is 9.59 Å². The fourth-order valence-corrected chi connectivity index (χ4v) is 4.69. The first-order valence-corrected chi connectivity index (χ1v) is 11.4. The zero-order valence-corrected chi connectivity index (χ0v) is 19.1. The molecule has 0 unspecified atom stereocenters. The van der Waals surface area contributed by atoms with E-state index < -0.39 is 11.8 Å². The number of hydrogen-bond acceptors (Lipinski definition) is 7. The van der Waals surface area contributed by atoms with Gasteiger partial charge >= 0.3 is 0 Å². The van der Waals surface area contributed by atoms with Gasteiger partial charge in [0.25, 0.3) is 11.8 Å². The van der Waals surface area contributed by atoms with E-state index in [0.29, 0.717) is 22.8 Å². The Balaban J connectivity index is 0.00000132. The van der Waals surface area contributed by atoms with Gasteiger partial charge in [0.2, 0.25) is 0 Å². The van der Waals surface area contributed by atoms with E-state index >= 15 is 0 Å². The SMILES string of the molecule is C=C/C=C(\C=C)c1nc(NN2C(=O)C=C(C)C2=O)c2c(-c3cccs3)csc2n1.CC. The summed E-state index contributed by atoms with van der Waals surface area (Å²) in [4.78, 5) is 35.7. The summed E-state index contributed by atoms with van der Waals surface area (Å²) in [5, 5.41) is 5.72. The first kappa shape index (κ1) is 22.3. The second-order valence-electron chi connectivity index (χ2n) is 6.18. The lowest BCUT2D eigenvalue weighted by Crippen LogP contribution is -2.36. The van der Waals surface area contributed by atoms with Crippen LogP contribution in [0.2, 0.25) is 0 Å². The first-order chi connectivity index (χ1) is 15.0. The molecule has 31 heavy (non-hydrogen) atoms. The normalized spacial score (nSPS) is 13.7. The van der Waals surface area contributed by atoms with Gasteiger partial charge in [-0.05, 0) is 18.4 Å². The van der Waals surface area contributed by atoms with E-state index in [4.69, 9.17) is 0 Å². The van der Waals surface area contributed by atoms with Crippen LogP contribution in [0.15, 0.2) is 65.9 Å². The van der Waals surface area contributed by atoms with Crippen molar-refractivity contribution in [3.63, 3.8) is 0 Å². The number of carbonyl (C=O) groups is 2. The molecule has 0 aromatic carbocycles. The number of carbonyl (C=O) groups excluding carboxylic acids is 2. The molecule has 8 heteroatoms. The van der Waals surface area contributed by atoms with Crippen molar-refractivity contribution in [1.29, 1.82) is 0 Å². The lowest BCUT2D eigenvalue weighted by molar-refractivity contribution is -0.135. The van der Waals surface area contributed by atoms with Gasteiger partial charge in [0.05, 0.1) is 5.39 Å². The molecule has 0 bridgehead atoms. The van der Waals surface area contributed by atoms with E-state index in [1.807, 2.05) is 36.7 Å². The largest absolute Gasteiger partial charge is 0.275 e. The van der Waals surface area contributed by atoms with Gasteiger partial charge in [-0.3, -0.25) is 15.0 Å². The van der Waals surface area contributed by atoms with Gasteiger partial charge < -0.3 is 0 Å². The van der Waals surface area contributed by atoms with Crippen LogP contribution >= 0.6 is 22.7 Å². The Morgan fingerprint density at radius 2 is 1.97 bits per heavy atom. The van der Waals surface area contributed by atoms with Crippen molar-refractivity contribution >= 4 is 56.1 Å². The molecule has 0 fully saturated rings. The molecule has 4 rings (SSSR count). The molecule has 1 aliphatic rings. The molecule has 2 amide bonds. The highest BCUT2D eigenvalue weighted by Crippen LogP contribution is 2.39. The molecule has 0 radical (unpaired) electrons. The van der Waals surface area contributed by atoms with Gasteiger partial charge in [0.1, 0.15) is 4.83 Å². The second kappa shape index (κ2) is 9.63. The fraction of sp³-hybridized carbons (Fsp3) is 0.130. The number of hydrazine groups is 1. The number of imide groups is 1. The number of amides is 2. The Morgan fingerprint density at radius 3 is 2.55 bits per heavy atom. The summed E-state index contributed by atoms with van der Waals surface area (Å²) in [5.74, 6) is -0.0180. The summed E-state index contributed by atoms with van der Waals surface area (Å²) >= 11 is 3.07. The van der Waals surface area contributed by atoms with Gasteiger partial charge in [-0.25, -0.2) is 9.97 Å². The van der Waals surface area contributed by atoms with Crippen LogP contribution in [0.1, 0.15) is 26.6 Å². The standard InChI is InChI=1S/C21H16N4O2S2.C2H6/c1-4-7-13(5-2)18-22-19(24-25-16(26)10-12(3)21(25)27)17-14(11-29-20(17)23-18)15-8-6-9-28-15;1-2/h4-11H,1-2H2,3H3,(H,22,23,24);1-2H3/b13-7+;. The summed E-state index contributed by atoms with van der Waals surface area (Å²) in [7, 11) is 0. The number of aromatic nitrogens is 2. The third-order valence-electron chi connectivity index (χ3n) is 4.31. The van der Waals surface area contributed by atoms with Crippen molar-refractivity contribution in [3.05, 3.63) is 71.8 Å². The fourth-order valence-electron chi connectivity index (χ4n) is 2.93. The highest BCUT2D eigenvalue weighted by molar-refractivity contribution is 7.18. The van der Waals surface area contributed by atoms with Crippen LogP contribution < -0.4 is 5.43 Å². The van der Waals surface area contributed by atoms with Crippen LogP contribution in [0.5, 0.6) is 0 Å². The quantitative estimate of drug-likeness (QED) is 0.377. The number of fused-ring (bicyclic) bond motifs is 1. The van der Waals surface area contributed by atoms with Gasteiger partial charge in [0.15, 0.2) is 11.6 Å². The third-order valence-corrected chi connectivity index (χ3v) is 6.09. The van der Waals surface area contributed by atoms with Crippen molar-refractivity contribution in [2.75, 3.05) is 5.43 Å².